The lowest BCUT2D eigenvalue weighted by Crippen LogP contribution is -2.67. The Morgan fingerprint density at radius 1 is 1.25 bits per heavy atom. The van der Waals surface area contributed by atoms with E-state index in [-0.39, 0.29) is 6.42 Å². The van der Waals surface area contributed by atoms with Crippen LogP contribution in [-0.4, -0.2) is 59.6 Å². The number of benzene rings is 1. The van der Waals surface area contributed by atoms with Crippen LogP contribution < -0.4 is 5.73 Å². The highest BCUT2D eigenvalue weighted by Gasteiger charge is 2.67. The molecule has 12 nitrogen and oxygen atoms in total. The number of amides is 1. The number of carbonyl (C=O) groups is 3. The van der Waals surface area contributed by atoms with E-state index in [1.165, 1.54) is 6.92 Å². The number of fused-ring (bicyclic) bond motifs is 3. The fourth-order valence-electron chi connectivity index (χ4n) is 5.60. The number of nitro groups is 1. The van der Waals surface area contributed by atoms with E-state index in [9.17, 15) is 50.0 Å². The molecule has 1 aromatic carbocycles. The number of hydrogen-bond donors (Lipinski definition) is 6. The Morgan fingerprint density at radius 2 is 1.88 bits per heavy atom. The van der Waals surface area contributed by atoms with Crippen LogP contribution in [0.2, 0.25) is 0 Å². The van der Waals surface area contributed by atoms with Gasteiger partial charge in [0.2, 0.25) is 0 Å². The maximum atomic E-state index is 13.3. The van der Waals surface area contributed by atoms with Gasteiger partial charge in [0.1, 0.15) is 23.2 Å². The number of Topliss-reactive ketones (excluding diaryl/α,β-unsaturated/α-hetero) is 2. The zero-order valence-corrected chi connectivity index (χ0v) is 16.7. The third kappa shape index (κ3) is 2.51. The summed E-state index contributed by atoms with van der Waals surface area (Å²) >= 11 is 0. The lowest BCUT2D eigenvalue weighted by atomic mass is 9.51. The number of phenols is 1. The number of phenolic OH excluding ortho intramolecular Hbond substituents is 1. The number of aliphatic hydroxyl groups is 4. The predicted octanol–water partition coefficient (Wildman–Crippen LogP) is -0.681. The maximum Gasteiger partial charge on any atom is 0.276 e. The van der Waals surface area contributed by atoms with Crippen LogP contribution in [-0.2, 0) is 15.2 Å². The van der Waals surface area contributed by atoms with Crippen molar-refractivity contribution in [3.05, 3.63) is 44.7 Å². The SMILES string of the molecule is C[C@@]1(O)c2c([N+](=O)[O-])ccc(O)c2C(=O)C2C(O)C3(O)C(O)=C(C(N)=O)C(=O)CC3CC21. The molecule has 32 heavy (non-hydrogen) atoms. The van der Waals surface area contributed by atoms with Crippen molar-refractivity contribution in [3.8, 4) is 5.75 Å². The van der Waals surface area contributed by atoms with Gasteiger partial charge in [0, 0.05) is 24.3 Å². The van der Waals surface area contributed by atoms with Crippen molar-refractivity contribution in [2.24, 2.45) is 23.5 Å². The van der Waals surface area contributed by atoms with Gasteiger partial charge in [-0.1, -0.05) is 0 Å². The summed E-state index contributed by atoms with van der Waals surface area (Å²) in [5.41, 5.74) is -2.16. The predicted molar refractivity (Wildman–Crippen MR) is 103 cm³/mol. The Hall–Kier alpha value is -3.35. The van der Waals surface area contributed by atoms with Gasteiger partial charge in [-0.15, -0.1) is 0 Å². The second-order valence-electron chi connectivity index (χ2n) is 8.67. The minimum atomic E-state index is -2.61. The molecule has 3 aliphatic carbocycles. The number of nitrogens with two attached hydrogens (primary N) is 1. The third-order valence-corrected chi connectivity index (χ3v) is 7.09. The average molecular weight is 448 g/mol. The first-order valence-electron chi connectivity index (χ1n) is 9.70. The van der Waals surface area contributed by atoms with Crippen molar-refractivity contribution in [3.63, 3.8) is 0 Å². The van der Waals surface area contributed by atoms with E-state index in [4.69, 9.17) is 5.73 Å². The Bertz CT molecular complexity index is 1140. The van der Waals surface area contributed by atoms with Crippen LogP contribution in [0.3, 0.4) is 0 Å². The first-order chi connectivity index (χ1) is 14.8. The van der Waals surface area contributed by atoms with Crippen molar-refractivity contribution >= 4 is 23.2 Å². The van der Waals surface area contributed by atoms with Gasteiger partial charge in [-0.2, -0.15) is 0 Å². The highest BCUT2D eigenvalue weighted by atomic mass is 16.6. The zero-order valence-electron chi connectivity index (χ0n) is 16.7. The normalized spacial score (nSPS) is 36.2. The summed E-state index contributed by atoms with van der Waals surface area (Å²) in [4.78, 5) is 48.1. The van der Waals surface area contributed by atoms with E-state index in [0.29, 0.717) is 0 Å². The Labute approximate surface area is 179 Å². The van der Waals surface area contributed by atoms with Gasteiger partial charge in [-0.05, 0) is 19.4 Å². The molecule has 7 N–H and O–H groups in total. The molecule has 1 fully saturated rings. The molecule has 5 unspecified atom stereocenters. The highest BCUT2D eigenvalue weighted by molar-refractivity contribution is 6.20. The fraction of sp³-hybridized carbons (Fsp3) is 0.450. The van der Waals surface area contributed by atoms with Gasteiger partial charge in [-0.3, -0.25) is 24.5 Å². The van der Waals surface area contributed by atoms with Gasteiger partial charge >= 0.3 is 0 Å². The van der Waals surface area contributed by atoms with E-state index < -0.39 is 97.8 Å². The summed E-state index contributed by atoms with van der Waals surface area (Å²) < 4.78 is 0. The van der Waals surface area contributed by atoms with Crippen LogP contribution in [0, 0.1) is 27.9 Å². The van der Waals surface area contributed by atoms with Crippen LogP contribution in [0.5, 0.6) is 5.75 Å². The Balaban J connectivity index is 1.97. The van der Waals surface area contributed by atoms with Crippen molar-refractivity contribution in [2.75, 3.05) is 0 Å². The molecule has 3 aliphatic rings. The topological polar surface area (TPSA) is 222 Å². The molecule has 0 bridgehead atoms. The van der Waals surface area contributed by atoms with Gasteiger partial charge in [-0.25, -0.2) is 0 Å². The average Bonchev–Trinajstić information content (AvgIpc) is 2.68. The minimum absolute atomic E-state index is 0.314. The lowest BCUT2D eigenvalue weighted by molar-refractivity contribution is -0.387. The Kier molecular flexibility index (Phi) is 4.49. The molecule has 0 spiro atoms. The van der Waals surface area contributed by atoms with E-state index >= 15 is 0 Å². The van der Waals surface area contributed by atoms with Crippen molar-refractivity contribution in [2.45, 2.75) is 37.1 Å². The van der Waals surface area contributed by atoms with Crippen LogP contribution in [0.15, 0.2) is 23.5 Å². The molecule has 1 aromatic rings. The molecule has 1 amide bonds. The maximum absolute atomic E-state index is 13.3. The molecule has 12 heteroatoms. The molecular formula is C20H20N2O10. The van der Waals surface area contributed by atoms with Gasteiger partial charge in [0.15, 0.2) is 17.2 Å². The monoisotopic (exact) mass is 448 g/mol. The molecule has 0 aromatic heterocycles. The number of nitrogens with zero attached hydrogens (tertiary/aromatic N) is 1. The lowest BCUT2D eigenvalue weighted by Gasteiger charge is -2.55. The quantitative estimate of drug-likeness (QED) is 0.190. The smallest absolute Gasteiger partial charge is 0.276 e. The van der Waals surface area contributed by atoms with Crippen molar-refractivity contribution < 1.29 is 44.8 Å². The largest absolute Gasteiger partial charge is 0.508 e. The second kappa shape index (κ2) is 6.58. The minimum Gasteiger partial charge on any atom is -0.508 e. The second-order valence-corrected chi connectivity index (χ2v) is 8.67. The summed E-state index contributed by atoms with van der Waals surface area (Å²) in [5, 5.41) is 66.0. The summed E-state index contributed by atoms with van der Waals surface area (Å²) in [6, 6.07) is 1.84. The molecule has 0 aliphatic heterocycles. The van der Waals surface area contributed by atoms with Crippen LogP contribution in [0.25, 0.3) is 0 Å². The van der Waals surface area contributed by atoms with E-state index in [2.05, 4.69) is 0 Å². The molecule has 0 heterocycles. The number of nitro benzene ring substituents is 1. The zero-order chi connectivity index (χ0) is 23.9. The molecule has 4 rings (SSSR count). The number of carbonyl (C=O) groups excluding carboxylic acids is 3. The molecule has 170 valence electrons. The number of rotatable bonds is 2. The Morgan fingerprint density at radius 3 is 2.44 bits per heavy atom. The number of aromatic hydroxyl groups is 1. The van der Waals surface area contributed by atoms with Gasteiger partial charge < -0.3 is 31.3 Å². The number of hydrogen-bond acceptors (Lipinski definition) is 10. The van der Waals surface area contributed by atoms with Crippen molar-refractivity contribution in [1.82, 2.24) is 0 Å². The van der Waals surface area contributed by atoms with Gasteiger partial charge in [0.25, 0.3) is 11.6 Å². The molecular weight excluding hydrogens is 428 g/mol. The summed E-state index contributed by atoms with van der Waals surface area (Å²) in [6.45, 7) is 1.18. The summed E-state index contributed by atoms with van der Waals surface area (Å²) in [5.74, 6) is -9.13. The van der Waals surface area contributed by atoms with E-state index in [0.717, 1.165) is 12.1 Å². The van der Waals surface area contributed by atoms with E-state index in [1.54, 1.807) is 0 Å². The molecule has 6 atom stereocenters. The van der Waals surface area contributed by atoms with Crippen LogP contribution in [0.4, 0.5) is 5.69 Å². The molecule has 0 radical (unpaired) electrons. The highest BCUT2D eigenvalue weighted by Crippen LogP contribution is 2.58. The van der Waals surface area contributed by atoms with Crippen LogP contribution in [0.1, 0.15) is 35.7 Å². The molecule has 0 saturated heterocycles. The number of ketones is 2. The van der Waals surface area contributed by atoms with Gasteiger partial charge in [0.05, 0.1) is 27.6 Å². The van der Waals surface area contributed by atoms with Crippen LogP contribution >= 0.6 is 0 Å². The summed E-state index contributed by atoms with van der Waals surface area (Å²) in [6.07, 6.45) is -2.97. The third-order valence-electron chi connectivity index (χ3n) is 7.09. The first kappa shape index (κ1) is 21.9. The molecule has 1 saturated carbocycles. The summed E-state index contributed by atoms with van der Waals surface area (Å²) in [7, 11) is 0. The van der Waals surface area contributed by atoms with E-state index in [1.807, 2.05) is 0 Å². The fourth-order valence-corrected chi connectivity index (χ4v) is 5.60. The standard InChI is InChI=1S/C20H20N2O10/c1-19(29)7-4-6-5-10(24)13(18(21)28)17(27)20(6,30)16(26)11(7)15(25)12-9(23)3-2-8(14(12)19)22(31)32/h2-3,6-7,11,16,23,26-27,29-30H,4-5H2,1H3,(H2,21,28)/t6?,7?,11?,16?,19-,20?/m0/s1. The number of primary amides is 1. The van der Waals surface area contributed by atoms with Crippen molar-refractivity contribution in [1.29, 1.82) is 0 Å². The first-order valence-corrected chi connectivity index (χ1v) is 9.70. The number of aliphatic hydroxyl groups excluding tert-OH is 2.